The first kappa shape index (κ1) is 21.8. The van der Waals surface area contributed by atoms with Crippen molar-refractivity contribution in [2.45, 2.75) is 6.92 Å². The van der Waals surface area contributed by atoms with Crippen LogP contribution in [0.1, 0.15) is 6.92 Å². The predicted molar refractivity (Wildman–Crippen MR) is 135 cm³/mol. The van der Waals surface area contributed by atoms with Gasteiger partial charge in [-0.25, -0.2) is 4.79 Å². The van der Waals surface area contributed by atoms with Crippen LogP contribution in [0.4, 0.5) is 0 Å². The van der Waals surface area contributed by atoms with E-state index in [9.17, 15) is 4.79 Å². The summed E-state index contributed by atoms with van der Waals surface area (Å²) < 4.78 is 10.9. The Morgan fingerprint density at radius 2 is 1.15 bits per heavy atom. The third kappa shape index (κ3) is 4.78. The number of fused-ring (bicyclic) bond motifs is 1. The summed E-state index contributed by atoms with van der Waals surface area (Å²) >= 11 is 0. The molecule has 0 amide bonds. The molecule has 0 aromatic heterocycles. The second-order valence-corrected chi connectivity index (χ2v) is 7.70. The number of hydrogen-bond donors (Lipinski definition) is 0. The molecule has 0 heterocycles. The molecule has 0 saturated heterocycles. The summed E-state index contributed by atoms with van der Waals surface area (Å²) in [5.74, 6) is 1.30. The minimum atomic E-state index is -0.428. The lowest BCUT2D eigenvalue weighted by Crippen LogP contribution is -2.07. The maximum absolute atomic E-state index is 11.8. The van der Waals surface area contributed by atoms with E-state index in [4.69, 9.17) is 9.47 Å². The molecule has 0 fully saturated rings. The zero-order valence-electron chi connectivity index (χ0n) is 18.5. The van der Waals surface area contributed by atoms with E-state index in [0.717, 1.165) is 38.8 Å². The minimum Gasteiger partial charge on any atom is -0.458 e. The lowest BCUT2D eigenvalue weighted by Gasteiger charge is -2.13. The molecule has 4 aromatic carbocycles. The highest BCUT2D eigenvalue weighted by molar-refractivity contribution is 6.05. The van der Waals surface area contributed by atoms with Crippen LogP contribution in [0.2, 0.25) is 0 Å². The Labute approximate surface area is 193 Å². The zero-order valence-corrected chi connectivity index (χ0v) is 18.5. The molecule has 0 bridgehead atoms. The van der Waals surface area contributed by atoms with Crippen LogP contribution in [0.15, 0.2) is 122 Å². The number of carbonyl (C=O) groups excluding carboxylic acids is 1. The van der Waals surface area contributed by atoms with Gasteiger partial charge in [-0.3, -0.25) is 0 Å². The van der Waals surface area contributed by atoms with Crippen LogP contribution in [0.5, 0.6) is 11.5 Å². The zero-order chi connectivity index (χ0) is 23.4. The van der Waals surface area contributed by atoms with E-state index < -0.39 is 5.97 Å². The molecule has 3 nitrogen and oxygen atoms in total. The number of rotatable bonds is 7. The van der Waals surface area contributed by atoms with Crippen LogP contribution in [0.25, 0.3) is 33.0 Å². The molecule has 0 aliphatic heterocycles. The summed E-state index contributed by atoms with van der Waals surface area (Å²) in [6, 6.07) is 28.0. The Hall–Kier alpha value is -4.37. The Morgan fingerprint density at radius 1 is 0.697 bits per heavy atom. The number of allylic oxidation sites excluding steroid dienone is 1. The third-order valence-corrected chi connectivity index (χ3v) is 5.29. The van der Waals surface area contributed by atoms with Gasteiger partial charge in [0.1, 0.15) is 17.3 Å². The first-order chi connectivity index (χ1) is 16.0. The number of carbonyl (C=O) groups is 1. The lowest BCUT2D eigenvalue weighted by molar-refractivity contribution is -0.130. The smallest absolute Gasteiger partial charge is 0.338 e. The Kier molecular flexibility index (Phi) is 6.23. The van der Waals surface area contributed by atoms with E-state index in [-0.39, 0.29) is 0 Å². The predicted octanol–water partition coefficient (Wildman–Crippen LogP) is 7.73. The molecular weight excluding hydrogens is 408 g/mol. The van der Waals surface area contributed by atoms with Crippen molar-refractivity contribution in [2.75, 3.05) is 0 Å². The van der Waals surface area contributed by atoms with E-state index in [1.807, 2.05) is 48.5 Å². The first-order valence-electron chi connectivity index (χ1n) is 10.6. The number of ether oxygens (including phenoxy) is 2. The van der Waals surface area contributed by atoms with Crippen LogP contribution >= 0.6 is 0 Å². The largest absolute Gasteiger partial charge is 0.458 e. The number of benzene rings is 4. The monoisotopic (exact) mass is 432 g/mol. The number of esters is 1. The van der Waals surface area contributed by atoms with Gasteiger partial charge in [0.05, 0.1) is 0 Å². The fourth-order valence-corrected chi connectivity index (χ4v) is 3.59. The molecule has 0 unspecified atom stereocenters. The second kappa shape index (κ2) is 9.41. The standard InChI is InChI=1S/C30H24O3/c1-5-21(4)32-24-14-10-22(11-15-24)26-18-19-27(29-9-7-6-8-28(26)29)23-12-16-25(17-13-23)33-30(31)20(2)3/h5-19H,1-2,4H2,3H3. The summed E-state index contributed by atoms with van der Waals surface area (Å²) in [4.78, 5) is 11.8. The summed E-state index contributed by atoms with van der Waals surface area (Å²) in [6.45, 7) is 12.7. The van der Waals surface area contributed by atoms with Crippen LogP contribution in [-0.4, -0.2) is 5.97 Å². The van der Waals surface area contributed by atoms with Crippen molar-refractivity contribution in [3.05, 3.63) is 122 Å². The van der Waals surface area contributed by atoms with E-state index in [0.29, 0.717) is 17.1 Å². The third-order valence-electron chi connectivity index (χ3n) is 5.29. The van der Waals surface area contributed by atoms with Gasteiger partial charge in [-0.15, -0.1) is 0 Å². The van der Waals surface area contributed by atoms with Crippen molar-refractivity contribution in [2.24, 2.45) is 0 Å². The number of hydrogen-bond acceptors (Lipinski definition) is 3. The van der Waals surface area contributed by atoms with E-state index >= 15 is 0 Å². The summed E-state index contributed by atoms with van der Waals surface area (Å²) in [5.41, 5.74) is 4.74. The van der Waals surface area contributed by atoms with Gasteiger partial charge < -0.3 is 9.47 Å². The molecule has 0 spiro atoms. The van der Waals surface area contributed by atoms with Gasteiger partial charge in [0.15, 0.2) is 0 Å². The van der Waals surface area contributed by atoms with Crippen molar-refractivity contribution in [3.63, 3.8) is 0 Å². The Bertz CT molecular complexity index is 1360. The van der Waals surface area contributed by atoms with Gasteiger partial charge in [0, 0.05) is 5.57 Å². The van der Waals surface area contributed by atoms with Gasteiger partial charge in [-0.2, -0.15) is 0 Å². The molecule has 4 aromatic rings. The van der Waals surface area contributed by atoms with Gasteiger partial charge in [0.25, 0.3) is 0 Å². The summed E-state index contributed by atoms with van der Waals surface area (Å²) in [5, 5.41) is 2.29. The molecule has 0 aliphatic carbocycles. The van der Waals surface area contributed by atoms with Gasteiger partial charge in [0.2, 0.25) is 0 Å². The van der Waals surface area contributed by atoms with Crippen molar-refractivity contribution in [1.82, 2.24) is 0 Å². The van der Waals surface area contributed by atoms with Crippen LogP contribution in [0.3, 0.4) is 0 Å². The molecule has 4 rings (SSSR count). The van der Waals surface area contributed by atoms with Crippen molar-refractivity contribution in [1.29, 1.82) is 0 Å². The molecule has 0 atom stereocenters. The van der Waals surface area contributed by atoms with Gasteiger partial charge in [-0.1, -0.05) is 80.4 Å². The molecule has 33 heavy (non-hydrogen) atoms. The molecule has 162 valence electrons. The molecule has 3 heteroatoms. The molecule has 0 N–H and O–H groups in total. The molecule has 0 saturated carbocycles. The van der Waals surface area contributed by atoms with Crippen molar-refractivity contribution >= 4 is 16.7 Å². The Morgan fingerprint density at radius 3 is 1.58 bits per heavy atom. The lowest BCUT2D eigenvalue weighted by atomic mass is 9.92. The van der Waals surface area contributed by atoms with E-state index in [1.54, 1.807) is 25.1 Å². The fourth-order valence-electron chi connectivity index (χ4n) is 3.59. The second-order valence-electron chi connectivity index (χ2n) is 7.70. The van der Waals surface area contributed by atoms with Gasteiger partial charge in [-0.05, 0) is 70.3 Å². The summed E-state index contributed by atoms with van der Waals surface area (Å²) in [6.07, 6.45) is 1.58. The van der Waals surface area contributed by atoms with Crippen LogP contribution in [0, 0.1) is 0 Å². The average molecular weight is 433 g/mol. The minimum absolute atomic E-state index is 0.367. The topological polar surface area (TPSA) is 35.5 Å². The SMILES string of the molecule is C=CC(=C)Oc1ccc(-c2ccc(-c3ccc(OC(=O)C(=C)C)cc3)c3ccccc23)cc1. The molecule has 0 radical (unpaired) electrons. The van der Waals surface area contributed by atoms with Crippen LogP contribution in [-0.2, 0) is 4.79 Å². The quantitative estimate of drug-likeness (QED) is 0.0985. The molecular formula is C30H24O3. The highest BCUT2D eigenvalue weighted by atomic mass is 16.5. The van der Waals surface area contributed by atoms with E-state index in [1.165, 1.54) is 0 Å². The Balaban J connectivity index is 1.69. The maximum atomic E-state index is 11.8. The normalized spacial score (nSPS) is 10.5. The summed E-state index contributed by atoms with van der Waals surface area (Å²) in [7, 11) is 0. The van der Waals surface area contributed by atoms with E-state index in [2.05, 4.69) is 44.0 Å². The maximum Gasteiger partial charge on any atom is 0.338 e. The average Bonchev–Trinajstić information content (AvgIpc) is 2.84. The van der Waals surface area contributed by atoms with Crippen LogP contribution < -0.4 is 9.47 Å². The van der Waals surface area contributed by atoms with Gasteiger partial charge >= 0.3 is 5.97 Å². The highest BCUT2D eigenvalue weighted by Gasteiger charge is 2.11. The first-order valence-corrected chi connectivity index (χ1v) is 10.6. The van der Waals surface area contributed by atoms with Crippen molar-refractivity contribution in [3.8, 4) is 33.8 Å². The van der Waals surface area contributed by atoms with Crippen molar-refractivity contribution < 1.29 is 14.3 Å². The fraction of sp³-hybridized carbons (Fsp3) is 0.0333. The highest BCUT2D eigenvalue weighted by Crippen LogP contribution is 2.36. The molecule has 0 aliphatic rings.